The van der Waals surface area contributed by atoms with Gasteiger partial charge in [-0.1, -0.05) is 17.7 Å². The Morgan fingerprint density at radius 3 is 2.83 bits per heavy atom. The van der Waals surface area contributed by atoms with Gasteiger partial charge in [-0.15, -0.1) is 0 Å². The lowest BCUT2D eigenvalue weighted by Crippen LogP contribution is -2.48. The zero-order chi connectivity index (χ0) is 13.2. The fraction of sp³-hybridized carbons (Fsp3) is 0.571. The van der Waals surface area contributed by atoms with Crippen molar-refractivity contribution in [3.63, 3.8) is 0 Å². The number of nitrogens with zero attached hydrogens (tertiary/aromatic N) is 1. The topological polar surface area (TPSA) is 24.5 Å². The maximum Gasteiger partial charge on any atom is 0.0801 e. The van der Waals surface area contributed by atoms with E-state index in [0.29, 0.717) is 0 Å². The first-order valence-corrected chi connectivity index (χ1v) is 6.71. The molecular weight excluding hydrogens is 248 g/mol. The summed E-state index contributed by atoms with van der Waals surface area (Å²) in [5, 5.41) is 3.95. The molecule has 1 N–H and O–H groups in total. The van der Waals surface area contributed by atoms with Crippen LogP contribution in [0.5, 0.6) is 0 Å². The van der Waals surface area contributed by atoms with E-state index < -0.39 is 0 Å². The lowest BCUT2D eigenvalue weighted by atomic mass is 10.1. The van der Waals surface area contributed by atoms with E-state index >= 15 is 0 Å². The number of benzene rings is 1. The molecule has 1 fully saturated rings. The number of anilines is 1. The minimum Gasteiger partial charge on any atom is -0.372 e. The Balaban J connectivity index is 2.18. The van der Waals surface area contributed by atoms with E-state index in [9.17, 15) is 0 Å². The first-order chi connectivity index (χ1) is 8.52. The molecule has 1 heterocycles. The van der Waals surface area contributed by atoms with Crippen LogP contribution in [0.25, 0.3) is 0 Å². The summed E-state index contributed by atoms with van der Waals surface area (Å²) in [5.41, 5.74) is 2.21. The number of ether oxygens (including phenoxy) is 1. The van der Waals surface area contributed by atoms with Crippen molar-refractivity contribution < 1.29 is 4.74 Å². The maximum atomic E-state index is 6.38. The van der Waals surface area contributed by atoms with Crippen LogP contribution >= 0.6 is 11.6 Å². The molecule has 1 aliphatic rings. The van der Waals surface area contributed by atoms with Gasteiger partial charge in [-0.2, -0.15) is 0 Å². The molecule has 4 heteroatoms. The van der Waals surface area contributed by atoms with Crippen LogP contribution in [-0.2, 0) is 11.3 Å². The van der Waals surface area contributed by atoms with Crippen molar-refractivity contribution >= 4 is 17.3 Å². The summed E-state index contributed by atoms with van der Waals surface area (Å²) in [5.74, 6) is 0. The van der Waals surface area contributed by atoms with Crippen LogP contribution in [0.3, 0.4) is 0 Å². The molecule has 1 aromatic carbocycles. The maximum absolute atomic E-state index is 6.38. The Morgan fingerprint density at radius 1 is 1.44 bits per heavy atom. The van der Waals surface area contributed by atoms with Gasteiger partial charge in [-0.05, 0) is 38.6 Å². The molecule has 0 bridgehead atoms. The molecule has 0 unspecified atom stereocenters. The Hall–Kier alpha value is -0.770. The average Bonchev–Trinajstić information content (AvgIpc) is 2.28. The van der Waals surface area contributed by atoms with Gasteiger partial charge in [0.1, 0.15) is 0 Å². The highest BCUT2D eigenvalue weighted by atomic mass is 35.5. The number of hydrogen-bond donors (Lipinski definition) is 1. The molecule has 0 amide bonds. The van der Waals surface area contributed by atoms with Crippen LogP contribution in [0.15, 0.2) is 18.2 Å². The van der Waals surface area contributed by atoms with Crippen molar-refractivity contribution in [3.8, 4) is 0 Å². The lowest BCUT2D eigenvalue weighted by Gasteiger charge is -2.39. The summed E-state index contributed by atoms with van der Waals surface area (Å²) in [6.07, 6.45) is 0. The minimum atomic E-state index is -0.106. The monoisotopic (exact) mass is 268 g/mol. The molecule has 18 heavy (non-hydrogen) atoms. The van der Waals surface area contributed by atoms with Gasteiger partial charge in [-0.25, -0.2) is 0 Å². The van der Waals surface area contributed by atoms with Crippen molar-refractivity contribution in [2.45, 2.75) is 26.0 Å². The van der Waals surface area contributed by atoms with Crippen LogP contribution in [0.4, 0.5) is 5.69 Å². The van der Waals surface area contributed by atoms with Crippen LogP contribution in [0.1, 0.15) is 19.4 Å². The van der Waals surface area contributed by atoms with Gasteiger partial charge in [0.15, 0.2) is 0 Å². The standard InChI is InChI=1S/C14H21ClN2O/c1-14(2)10-17(6-7-18-14)13-5-4-11(9-16-3)8-12(13)15/h4-5,8,16H,6-7,9-10H2,1-3H3. The van der Waals surface area contributed by atoms with E-state index in [4.69, 9.17) is 16.3 Å². The largest absolute Gasteiger partial charge is 0.372 e. The SMILES string of the molecule is CNCc1ccc(N2CCOC(C)(C)C2)c(Cl)c1. The second-order valence-electron chi connectivity index (χ2n) is 5.35. The second-order valence-corrected chi connectivity index (χ2v) is 5.75. The molecule has 100 valence electrons. The molecule has 0 aromatic heterocycles. The van der Waals surface area contributed by atoms with Gasteiger partial charge < -0.3 is 15.0 Å². The summed E-state index contributed by atoms with van der Waals surface area (Å²) >= 11 is 6.38. The molecule has 0 atom stereocenters. The zero-order valence-electron chi connectivity index (χ0n) is 11.3. The Morgan fingerprint density at radius 2 is 2.22 bits per heavy atom. The quantitative estimate of drug-likeness (QED) is 0.912. The van der Waals surface area contributed by atoms with Gasteiger partial charge in [0.05, 0.1) is 22.9 Å². The van der Waals surface area contributed by atoms with E-state index in [2.05, 4.69) is 36.2 Å². The van der Waals surface area contributed by atoms with Gasteiger partial charge >= 0.3 is 0 Å². The Labute approximate surface area is 114 Å². The molecule has 1 aliphatic heterocycles. The predicted molar refractivity (Wildman–Crippen MR) is 76.5 cm³/mol. The molecule has 3 nitrogen and oxygen atoms in total. The first kappa shape index (κ1) is 13.7. The third kappa shape index (κ3) is 3.16. The van der Waals surface area contributed by atoms with Crippen LogP contribution in [0.2, 0.25) is 5.02 Å². The number of rotatable bonds is 3. The van der Waals surface area contributed by atoms with E-state index in [0.717, 1.165) is 37.0 Å². The average molecular weight is 269 g/mol. The van der Waals surface area contributed by atoms with Gasteiger partial charge in [0, 0.05) is 19.6 Å². The third-order valence-electron chi connectivity index (χ3n) is 3.16. The second kappa shape index (κ2) is 5.47. The summed E-state index contributed by atoms with van der Waals surface area (Å²) in [4.78, 5) is 2.30. The number of hydrogen-bond acceptors (Lipinski definition) is 3. The van der Waals surface area contributed by atoms with Crippen molar-refractivity contribution in [1.29, 1.82) is 0 Å². The Kier molecular flexibility index (Phi) is 4.15. The summed E-state index contributed by atoms with van der Waals surface area (Å²) < 4.78 is 5.72. The molecule has 0 aliphatic carbocycles. The van der Waals surface area contributed by atoms with Crippen LogP contribution < -0.4 is 10.2 Å². The molecule has 0 saturated carbocycles. The Bertz CT molecular complexity index is 420. The van der Waals surface area contributed by atoms with Crippen LogP contribution in [-0.4, -0.2) is 32.3 Å². The van der Waals surface area contributed by atoms with E-state index in [1.165, 1.54) is 5.56 Å². The summed E-state index contributed by atoms with van der Waals surface area (Å²) in [6, 6.07) is 6.27. The molecule has 0 radical (unpaired) electrons. The van der Waals surface area contributed by atoms with Crippen molar-refractivity contribution in [1.82, 2.24) is 5.32 Å². The van der Waals surface area contributed by atoms with Crippen molar-refractivity contribution in [2.24, 2.45) is 0 Å². The molecule has 1 aromatic rings. The smallest absolute Gasteiger partial charge is 0.0801 e. The summed E-state index contributed by atoms with van der Waals surface area (Å²) in [6.45, 7) is 7.59. The highest BCUT2D eigenvalue weighted by Gasteiger charge is 2.28. The van der Waals surface area contributed by atoms with Crippen molar-refractivity contribution in [2.75, 3.05) is 31.6 Å². The fourth-order valence-corrected chi connectivity index (χ4v) is 2.67. The van der Waals surface area contributed by atoms with Crippen LogP contribution in [0, 0.1) is 0 Å². The lowest BCUT2D eigenvalue weighted by molar-refractivity contribution is -0.0276. The van der Waals surface area contributed by atoms with Crippen molar-refractivity contribution in [3.05, 3.63) is 28.8 Å². The first-order valence-electron chi connectivity index (χ1n) is 6.34. The zero-order valence-corrected chi connectivity index (χ0v) is 12.0. The third-order valence-corrected chi connectivity index (χ3v) is 3.46. The van der Waals surface area contributed by atoms with E-state index in [-0.39, 0.29) is 5.60 Å². The normalized spacial score (nSPS) is 19.0. The fourth-order valence-electron chi connectivity index (χ4n) is 2.34. The minimum absolute atomic E-state index is 0.106. The molecule has 0 spiro atoms. The van der Waals surface area contributed by atoms with E-state index in [1.54, 1.807) is 0 Å². The molecule has 1 saturated heterocycles. The van der Waals surface area contributed by atoms with Gasteiger partial charge in [0.2, 0.25) is 0 Å². The number of nitrogens with one attached hydrogen (secondary N) is 1. The predicted octanol–water partition coefficient (Wildman–Crippen LogP) is 2.67. The highest BCUT2D eigenvalue weighted by Crippen LogP contribution is 2.30. The van der Waals surface area contributed by atoms with Gasteiger partial charge in [-0.3, -0.25) is 0 Å². The molecular formula is C14H21ClN2O. The number of halogens is 1. The van der Waals surface area contributed by atoms with E-state index in [1.807, 2.05) is 13.1 Å². The molecule has 2 rings (SSSR count). The number of morpholine rings is 1. The van der Waals surface area contributed by atoms with Gasteiger partial charge in [0.25, 0.3) is 0 Å². The summed E-state index contributed by atoms with van der Waals surface area (Å²) in [7, 11) is 1.94. The highest BCUT2D eigenvalue weighted by molar-refractivity contribution is 6.33.